The van der Waals surface area contributed by atoms with E-state index in [0.717, 1.165) is 32.1 Å². The third-order valence-electron chi connectivity index (χ3n) is 7.36. The molecule has 1 aromatic rings. The number of nitrogens with zero attached hydrogens (tertiary/aromatic N) is 1. The van der Waals surface area contributed by atoms with Crippen molar-refractivity contribution < 1.29 is 18.0 Å². The minimum Gasteiger partial charge on any atom is -0.353 e. The molecule has 1 heterocycles. The Balaban J connectivity index is 1.36. The van der Waals surface area contributed by atoms with Gasteiger partial charge in [0.1, 0.15) is 0 Å². The zero-order valence-corrected chi connectivity index (χ0v) is 19.0. The van der Waals surface area contributed by atoms with Crippen molar-refractivity contribution in [2.24, 2.45) is 11.3 Å². The summed E-state index contributed by atoms with van der Waals surface area (Å²) in [5.74, 6) is 0.224. The van der Waals surface area contributed by atoms with E-state index in [1.807, 2.05) is 4.90 Å². The van der Waals surface area contributed by atoms with Gasteiger partial charge in [0.25, 0.3) is 0 Å². The monoisotopic (exact) mass is 446 g/mol. The molecule has 3 fully saturated rings. The second-order valence-electron chi connectivity index (χ2n) is 9.66. The zero-order chi connectivity index (χ0) is 21.9. The number of sulfone groups is 1. The van der Waals surface area contributed by atoms with Crippen molar-refractivity contribution in [3.63, 3.8) is 0 Å². The SMILES string of the molecule is O=C(CCC1CN(C(=O)CCS(=O)(=O)c2ccccc2)CC12CCCCC2)NC1CC1. The van der Waals surface area contributed by atoms with Gasteiger partial charge < -0.3 is 10.2 Å². The van der Waals surface area contributed by atoms with E-state index in [1.165, 1.54) is 19.3 Å². The lowest BCUT2D eigenvalue weighted by Gasteiger charge is -2.38. The minimum absolute atomic E-state index is 0.0161. The summed E-state index contributed by atoms with van der Waals surface area (Å²) < 4.78 is 25.1. The number of carbonyl (C=O) groups is 2. The number of rotatable bonds is 8. The largest absolute Gasteiger partial charge is 0.353 e. The fraction of sp³-hybridized carbons (Fsp3) is 0.667. The molecule has 2 saturated carbocycles. The first-order valence-corrected chi connectivity index (χ1v) is 13.4. The van der Waals surface area contributed by atoms with Crippen LogP contribution >= 0.6 is 0 Å². The molecule has 1 aromatic carbocycles. The third-order valence-corrected chi connectivity index (χ3v) is 9.10. The van der Waals surface area contributed by atoms with Crippen LogP contribution in [0.25, 0.3) is 0 Å². The Morgan fingerprint density at radius 2 is 1.74 bits per heavy atom. The normalized spacial score (nSPS) is 23.1. The van der Waals surface area contributed by atoms with Gasteiger partial charge in [-0.2, -0.15) is 0 Å². The highest BCUT2D eigenvalue weighted by Crippen LogP contribution is 2.49. The molecular weight excluding hydrogens is 412 g/mol. The van der Waals surface area contributed by atoms with E-state index in [2.05, 4.69) is 5.32 Å². The number of nitrogens with one attached hydrogen (secondary N) is 1. The van der Waals surface area contributed by atoms with E-state index in [0.29, 0.717) is 31.5 Å². The minimum atomic E-state index is -3.46. The average molecular weight is 447 g/mol. The lowest BCUT2D eigenvalue weighted by atomic mass is 9.66. The van der Waals surface area contributed by atoms with E-state index >= 15 is 0 Å². The molecule has 2 aliphatic carbocycles. The van der Waals surface area contributed by atoms with E-state index < -0.39 is 9.84 Å². The number of amides is 2. The third kappa shape index (κ3) is 5.48. The highest BCUT2D eigenvalue weighted by atomic mass is 32.2. The van der Waals surface area contributed by atoms with E-state index in [9.17, 15) is 18.0 Å². The first-order valence-electron chi connectivity index (χ1n) is 11.7. The quantitative estimate of drug-likeness (QED) is 0.664. The molecule has 1 spiro atoms. The van der Waals surface area contributed by atoms with Crippen LogP contribution in [0.3, 0.4) is 0 Å². The molecule has 0 radical (unpaired) electrons. The lowest BCUT2D eigenvalue weighted by molar-refractivity contribution is -0.130. The second-order valence-corrected chi connectivity index (χ2v) is 11.8. The van der Waals surface area contributed by atoms with Crippen LogP contribution in [0.4, 0.5) is 0 Å². The standard InChI is InChI=1S/C24H34N2O4S/c27-22(25-20-10-11-20)12-9-19-17-26(18-24(19)14-5-2-6-15-24)23(28)13-16-31(29,30)21-7-3-1-4-8-21/h1,3-4,7-8,19-20H,2,5-6,9-18H2,(H,25,27). The van der Waals surface area contributed by atoms with Crippen molar-refractivity contribution in [2.75, 3.05) is 18.8 Å². The molecule has 3 aliphatic rings. The molecule has 0 bridgehead atoms. The van der Waals surface area contributed by atoms with Gasteiger partial charge in [-0.3, -0.25) is 9.59 Å². The second kappa shape index (κ2) is 9.31. The van der Waals surface area contributed by atoms with Crippen molar-refractivity contribution in [2.45, 2.75) is 75.1 Å². The van der Waals surface area contributed by atoms with E-state index in [-0.39, 0.29) is 34.3 Å². The van der Waals surface area contributed by atoms with Crippen LogP contribution in [-0.4, -0.2) is 50.0 Å². The van der Waals surface area contributed by atoms with Gasteiger partial charge >= 0.3 is 0 Å². The number of benzene rings is 1. The molecule has 2 amide bonds. The van der Waals surface area contributed by atoms with Crippen molar-refractivity contribution in [3.8, 4) is 0 Å². The van der Waals surface area contributed by atoms with Gasteiger partial charge in [-0.15, -0.1) is 0 Å². The maximum absolute atomic E-state index is 13.0. The van der Waals surface area contributed by atoms with Gasteiger partial charge in [-0.05, 0) is 55.6 Å². The zero-order valence-electron chi connectivity index (χ0n) is 18.2. The van der Waals surface area contributed by atoms with Crippen LogP contribution in [-0.2, 0) is 19.4 Å². The molecule has 7 heteroatoms. The van der Waals surface area contributed by atoms with Crippen LogP contribution in [0.15, 0.2) is 35.2 Å². The smallest absolute Gasteiger partial charge is 0.223 e. The predicted octanol–water partition coefficient (Wildman–Crippen LogP) is 3.32. The van der Waals surface area contributed by atoms with Crippen molar-refractivity contribution in [1.29, 1.82) is 0 Å². The molecule has 1 saturated heterocycles. The Bertz CT molecular complexity index is 889. The number of hydrogen-bond acceptors (Lipinski definition) is 4. The first kappa shape index (κ1) is 22.3. The summed E-state index contributed by atoms with van der Waals surface area (Å²) in [4.78, 5) is 27.4. The summed E-state index contributed by atoms with van der Waals surface area (Å²) in [5, 5.41) is 3.07. The fourth-order valence-corrected chi connectivity index (χ4v) is 6.65. The number of hydrogen-bond donors (Lipinski definition) is 1. The highest BCUT2D eigenvalue weighted by molar-refractivity contribution is 7.91. The molecule has 1 unspecified atom stereocenters. The van der Waals surface area contributed by atoms with Crippen molar-refractivity contribution >= 4 is 21.7 Å². The highest BCUT2D eigenvalue weighted by Gasteiger charge is 2.47. The van der Waals surface area contributed by atoms with E-state index in [1.54, 1.807) is 30.3 Å². The summed E-state index contributed by atoms with van der Waals surface area (Å²) in [6.45, 7) is 1.37. The van der Waals surface area contributed by atoms with Crippen molar-refractivity contribution in [1.82, 2.24) is 10.2 Å². The van der Waals surface area contributed by atoms with Crippen LogP contribution in [0.2, 0.25) is 0 Å². The van der Waals surface area contributed by atoms with Gasteiger partial charge in [0.15, 0.2) is 9.84 Å². The van der Waals surface area contributed by atoms with Gasteiger partial charge in [0.2, 0.25) is 11.8 Å². The molecule has 1 atom stereocenters. The van der Waals surface area contributed by atoms with Gasteiger partial charge in [-0.1, -0.05) is 37.5 Å². The number of carbonyl (C=O) groups excluding carboxylic acids is 2. The summed E-state index contributed by atoms with van der Waals surface area (Å²) in [6, 6.07) is 8.72. The Labute approximate surface area is 185 Å². The summed E-state index contributed by atoms with van der Waals surface area (Å²) in [7, 11) is -3.46. The topological polar surface area (TPSA) is 83.6 Å². The number of likely N-dealkylation sites (tertiary alicyclic amines) is 1. The van der Waals surface area contributed by atoms with Gasteiger partial charge in [0.05, 0.1) is 10.6 Å². The predicted molar refractivity (Wildman–Crippen MR) is 119 cm³/mol. The summed E-state index contributed by atoms with van der Waals surface area (Å²) in [6.07, 6.45) is 9.33. The molecule has 1 N–H and O–H groups in total. The molecule has 170 valence electrons. The van der Waals surface area contributed by atoms with Crippen LogP contribution in [0, 0.1) is 11.3 Å². The summed E-state index contributed by atoms with van der Waals surface area (Å²) >= 11 is 0. The van der Waals surface area contributed by atoms with Crippen LogP contribution in [0.5, 0.6) is 0 Å². The first-order chi connectivity index (χ1) is 14.9. The lowest BCUT2D eigenvalue weighted by Crippen LogP contribution is -2.35. The molecule has 4 rings (SSSR count). The van der Waals surface area contributed by atoms with Crippen LogP contribution in [0.1, 0.15) is 64.2 Å². The fourth-order valence-electron chi connectivity index (χ4n) is 5.40. The Kier molecular flexibility index (Phi) is 6.70. The molecule has 1 aliphatic heterocycles. The molecular formula is C24H34N2O4S. The van der Waals surface area contributed by atoms with Gasteiger partial charge in [0, 0.05) is 32.0 Å². The molecule has 31 heavy (non-hydrogen) atoms. The van der Waals surface area contributed by atoms with Crippen LogP contribution < -0.4 is 5.32 Å². The average Bonchev–Trinajstić information content (AvgIpc) is 3.52. The maximum Gasteiger partial charge on any atom is 0.223 e. The molecule has 0 aromatic heterocycles. The Morgan fingerprint density at radius 1 is 1.03 bits per heavy atom. The van der Waals surface area contributed by atoms with Gasteiger partial charge in [-0.25, -0.2) is 8.42 Å². The Hall–Kier alpha value is -1.89. The van der Waals surface area contributed by atoms with Crippen molar-refractivity contribution in [3.05, 3.63) is 30.3 Å². The Morgan fingerprint density at radius 3 is 2.42 bits per heavy atom. The molecule has 6 nitrogen and oxygen atoms in total. The van der Waals surface area contributed by atoms with E-state index in [4.69, 9.17) is 0 Å². The maximum atomic E-state index is 13.0. The summed E-state index contributed by atoms with van der Waals surface area (Å²) in [5.41, 5.74) is 0.103.